The molecule has 0 amide bonds. The number of hydrogen-bond acceptors (Lipinski definition) is 3. The van der Waals surface area contributed by atoms with E-state index in [1.165, 1.54) is 0 Å². The number of nitrogens with one attached hydrogen (secondary N) is 1. The van der Waals surface area contributed by atoms with Crippen LogP contribution in [0.3, 0.4) is 0 Å². The lowest BCUT2D eigenvalue weighted by Gasteiger charge is -2.29. The van der Waals surface area contributed by atoms with Gasteiger partial charge in [-0.2, -0.15) is 0 Å². The fourth-order valence-electron chi connectivity index (χ4n) is 1.80. The van der Waals surface area contributed by atoms with E-state index in [1.54, 1.807) is 12.1 Å². The molecule has 1 aliphatic rings. The molecule has 4 nitrogen and oxygen atoms in total. The van der Waals surface area contributed by atoms with Crippen LogP contribution in [-0.2, 0) is 0 Å². The molecule has 0 saturated carbocycles. The van der Waals surface area contributed by atoms with Crippen molar-refractivity contribution in [2.75, 3.05) is 31.1 Å². The normalized spacial score (nSPS) is 16.2. The molecule has 0 aromatic heterocycles. The molecule has 0 atom stereocenters. The van der Waals surface area contributed by atoms with Crippen LogP contribution in [0.1, 0.15) is 10.4 Å². The SMILES string of the molecule is O=C(O)c1cc(N2CCNCC2)ccc1Cl. The van der Waals surface area contributed by atoms with Crippen molar-refractivity contribution < 1.29 is 9.90 Å². The summed E-state index contributed by atoms with van der Waals surface area (Å²) in [5.41, 5.74) is 1.08. The Hall–Kier alpha value is -1.26. The Bertz CT molecular complexity index is 403. The van der Waals surface area contributed by atoms with Gasteiger partial charge in [0.05, 0.1) is 10.6 Å². The number of hydrogen-bond donors (Lipinski definition) is 2. The highest BCUT2D eigenvalue weighted by molar-refractivity contribution is 6.33. The zero-order valence-electron chi connectivity index (χ0n) is 8.74. The van der Waals surface area contributed by atoms with Crippen LogP contribution in [0.2, 0.25) is 5.02 Å². The average molecular weight is 241 g/mol. The number of carboxylic acid groups (broad SMARTS) is 1. The minimum atomic E-state index is -0.984. The zero-order valence-corrected chi connectivity index (χ0v) is 9.50. The van der Waals surface area contributed by atoms with Gasteiger partial charge in [-0.25, -0.2) is 4.79 Å². The van der Waals surface area contributed by atoms with E-state index >= 15 is 0 Å². The summed E-state index contributed by atoms with van der Waals surface area (Å²) in [5, 5.41) is 12.5. The number of aromatic carboxylic acids is 1. The monoisotopic (exact) mass is 240 g/mol. The van der Waals surface area contributed by atoms with Crippen molar-refractivity contribution in [2.24, 2.45) is 0 Å². The molecule has 1 aliphatic heterocycles. The Morgan fingerprint density at radius 2 is 2.06 bits per heavy atom. The van der Waals surface area contributed by atoms with E-state index in [0.29, 0.717) is 0 Å². The van der Waals surface area contributed by atoms with Gasteiger partial charge in [0.2, 0.25) is 0 Å². The van der Waals surface area contributed by atoms with E-state index in [1.807, 2.05) is 6.07 Å². The molecule has 1 aromatic carbocycles. The zero-order chi connectivity index (χ0) is 11.5. The van der Waals surface area contributed by atoms with Gasteiger partial charge in [0.1, 0.15) is 0 Å². The number of benzene rings is 1. The minimum absolute atomic E-state index is 0.165. The van der Waals surface area contributed by atoms with E-state index in [-0.39, 0.29) is 10.6 Å². The molecule has 0 aliphatic carbocycles. The topological polar surface area (TPSA) is 52.6 Å². The summed E-state index contributed by atoms with van der Waals surface area (Å²) in [6, 6.07) is 5.14. The molecule has 1 heterocycles. The van der Waals surface area contributed by atoms with E-state index in [4.69, 9.17) is 16.7 Å². The first-order valence-corrected chi connectivity index (χ1v) is 5.55. The van der Waals surface area contributed by atoms with Crippen LogP contribution in [0.15, 0.2) is 18.2 Å². The first-order valence-electron chi connectivity index (χ1n) is 5.17. The summed E-state index contributed by atoms with van der Waals surface area (Å²) in [7, 11) is 0. The number of piperazine rings is 1. The van der Waals surface area contributed by atoms with Crippen LogP contribution in [0.5, 0.6) is 0 Å². The third kappa shape index (κ3) is 2.28. The van der Waals surface area contributed by atoms with Gasteiger partial charge in [-0.1, -0.05) is 11.6 Å². The highest BCUT2D eigenvalue weighted by atomic mass is 35.5. The van der Waals surface area contributed by atoms with Crippen molar-refractivity contribution in [2.45, 2.75) is 0 Å². The second-order valence-electron chi connectivity index (χ2n) is 3.71. The minimum Gasteiger partial charge on any atom is -0.478 e. The van der Waals surface area contributed by atoms with Gasteiger partial charge in [-0.15, -0.1) is 0 Å². The lowest BCUT2D eigenvalue weighted by molar-refractivity contribution is 0.0697. The fraction of sp³-hybridized carbons (Fsp3) is 0.364. The smallest absolute Gasteiger partial charge is 0.337 e. The van der Waals surface area contributed by atoms with Gasteiger partial charge >= 0.3 is 5.97 Å². The predicted molar refractivity (Wildman–Crippen MR) is 63.5 cm³/mol. The summed E-state index contributed by atoms with van der Waals surface area (Å²) in [4.78, 5) is 13.1. The van der Waals surface area contributed by atoms with E-state index in [9.17, 15) is 4.79 Å². The van der Waals surface area contributed by atoms with Crippen molar-refractivity contribution in [3.63, 3.8) is 0 Å². The summed E-state index contributed by atoms with van der Waals surface area (Å²) in [5.74, 6) is -0.984. The van der Waals surface area contributed by atoms with Crippen LogP contribution in [0.25, 0.3) is 0 Å². The highest BCUT2D eigenvalue weighted by Gasteiger charge is 2.14. The maximum atomic E-state index is 10.9. The van der Waals surface area contributed by atoms with Crippen molar-refractivity contribution in [1.82, 2.24) is 5.32 Å². The third-order valence-electron chi connectivity index (χ3n) is 2.66. The Morgan fingerprint density at radius 3 is 2.69 bits per heavy atom. The van der Waals surface area contributed by atoms with E-state index in [2.05, 4.69) is 10.2 Å². The van der Waals surface area contributed by atoms with Crippen molar-refractivity contribution in [1.29, 1.82) is 0 Å². The van der Waals surface area contributed by atoms with Gasteiger partial charge in [-0.05, 0) is 18.2 Å². The molecule has 0 spiro atoms. The summed E-state index contributed by atoms with van der Waals surface area (Å²) < 4.78 is 0. The number of nitrogens with zero attached hydrogens (tertiary/aromatic N) is 1. The van der Waals surface area contributed by atoms with Crippen molar-refractivity contribution in [3.8, 4) is 0 Å². The van der Waals surface area contributed by atoms with Gasteiger partial charge in [-0.3, -0.25) is 0 Å². The largest absolute Gasteiger partial charge is 0.478 e. The second kappa shape index (κ2) is 4.72. The number of halogens is 1. The third-order valence-corrected chi connectivity index (χ3v) is 2.99. The standard InChI is InChI=1S/C11H13ClN2O2/c12-10-2-1-8(7-9(10)11(15)16)14-5-3-13-4-6-14/h1-2,7,13H,3-6H2,(H,15,16). The first-order chi connectivity index (χ1) is 7.68. The maximum Gasteiger partial charge on any atom is 0.337 e. The number of rotatable bonds is 2. The van der Waals surface area contributed by atoms with Crippen LogP contribution in [-0.4, -0.2) is 37.3 Å². The lowest BCUT2D eigenvalue weighted by atomic mass is 10.1. The average Bonchev–Trinajstić information content (AvgIpc) is 2.30. The number of anilines is 1. The second-order valence-corrected chi connectivity index (χ2v) is 4.11. The molecular weight excluding hydrogens is 228 g/mol. The predicted octanol–water partition coefficient (Wildman–Crippen LogP) is 1.45. The summed E-state index contributed by atoms with van der Waals surface area (Å²) in [6.45, 7) is 3.62. The fourth-order valence-corrected chi connectivity index (χ4v) is 2.00. The number of carboxylic acids is 1. The first kappa shape index (κ1) is 11.2. The van der Waals surface area contributed by atoms with Gasteiger partial charge < -0.3 is 15.3 Å². The Balaban J connectivity index is 2.27. The molecule has 1 fully saturated rings. The summed E-state index contributed by atoms with van der Waals surface area (Å²) >= 11 is 5.82. The van der Waals surface area contributed by atoms with Gasteiger partial charge in [0.25, 0.3) is 0 Å². The lowest BCUT2D eigenvalue weighted by Crippen LogP contribution is -2.43. The molecule has 1 aromatic rings. The van der Waals surface area contributed by atoms with Crippen LogP contribution in [0.4, 0.5) is 5.69 Å². The van der Waals surface area contributed by atoms with Crippen LogP contribution in [0, 0.1) is 0 Å². The Kier molecular flexibility index (Phi) is 3.31. The van der Waals surface area contributed by atoms with Gasteiger partial charge in [0, 0.05) is 31.9 Å². The highest BCUT2D eigenvalue weighted by Crippen LogP contribution is 2.23. The molecular formula is C11H13ClN2O2. The maximum absolute atomic E-state index is 10.9. The number of carbonyl (C=O) groups is 1. The van der Waals surface area contributed by atoms with Crippen LogP contribution < -0.4 is 10.2 Å². The molecule has 5 heteroatoms. The molecule has 2 rings (SSSR count). The van der Waals surface area contributed by atoms with Crippen molar-refractivity contribution >= 4 is 23.3 Å². The summed E-state index contributed by atoms with van der Waals surface area (Å²) in [6.07, 6.45) is 0. The molecule has 86 valence electrons. The molecule has 0 radical (unpaired) electrons. The quantitative estimate of drug-likeness (QED) is 0.822. The molecule has 0 bridgehead atoms. The molecule has 0 unspecified atom stereocenters. The molecule has 2 N–H and O–H groups in total. The van der Waals surface area contributed by atoms with E-state index in [0.717, 1.165) is 31.9 Å². The Labute approximate surface area is 98.8 Å². The Morgan fingerprint density at radius 1 is 1.38 bits per heavy atom. The molecule has 16 heavy (non-hydrogen) atoms. The van der Waals surface area contributed by atoms with E-state index < -0.39 is 5.97 Å². The van der Waals surface area contributed by atoms with Gasteiger partial charge in [0.15, 0.2) is 0 Å². The van der Waals surface area contributed by atoms with Crippen molar-refractivity contribution in [3.05, 3.63) is 28.8 Å². The van der Waals surface area contributed by atoms with Crippen LogP contribution >= 0.6 is 11.6 Å². The molecule has 1 saturated heterocycles.